The summed E-state index contributed by atoms with van der Waals surface area (Å²) in [7, 11) is 2.10. The predicted octanol–water partition coefficient (Wildman–Crippen LogP) is 3.66. The van der Waals surface area contributed by atoms with Crippen molar-refractivity contribution in [3.05, 3.63) is 58.9 Å². The number of allylic oxidation sites excluding steroid dienone is 2. The molecule has 6 heteroatoms. The zero-order valence-electron chi connectivity index (χ0n) is 19.8. The molecule has 0 fully saturated rings. The molecule has 6 nitrogen and oxygen atoms in total. The van der Waals surface area contributed by atoms with Gasteiger partial charge in [-0.1, -0.05) is 24.0 Å². The van der Waals surface area contributed by atoms with Crippen molar-refractivity contribution < 1.29 is 4.74 Å². The Bertz CT molecular complexity index is 1140. The largest absolute Gasteiger partial charge is 0.470 e. The van der Waals surface area contributed by atoms with Gasteiger partial charge in [0, 0.05) is 43.2 Å². The van der Waals surface area contributed by atoms with Gasteiger partial charge in [0.05, 0.1) is 23.9 Å². The van der Waals surface area contributed by atoms with Crippen LogP contribution in [0, 0.1) is 28.6 Å². The van der Waals surface area contributed by atoms with E-state index in [1.54, 1.807) is 0 Å². The van der Waals surface area contributed by atoms with E-state index in [9.17, 15) is 0 Å². The maximum Gasteiger partial charge on any atom is 0.237 e. The summed E-state index contributed by atoms with van der Waals surface area (Å²) >= 11 is 0. The first-order chi connectivity index (χ1) is 15.9. The van der Waals surface area contributed by atoms with Crippen molar-refractivity contribution in [2.75, 3.05) is 38.5 Å². The number of aromatic nitrogens is 1. The molecule has 1 aliphatic carbocycles. The highest BCUT2D eigenvalue weighted by Gasteiger charge is 2.36. The van der Waals surface area contributed by atoms with Crippen LogP contribution in [0.5, 0.6) is 5.88 Å². The molecular formula is C27H31N5O. The number of ether oxygens (including phenoxy) is 1. The highest BCUT2D eigenvalue weighted by atomic mass is 16.5. The minimum atomic E-state index is -0.250. The van der Waals surface area contributed by atoms with E-state index in [0.29, 0.717) is 11.4 Å². The molecule has 2 aliphatic rings. The van der Waals surface area contributed by atoms with Gasteiger partial charge >= 0.3 is 0 Å². The minimum Gasteiger partial charge on any atom is -0.470 e. The Kier molecular flexibility index (Phi) is 6.58. The number of nitrogens with zero attached hydrogens (tertiary/aromatic N) is 3. The third kappa shape index (κ3) is 5.13. The normalized spacial score (nSPS) is 17.8. The zero-order chi connectivity index (χ0) is 23.4. The molecule has 0 spiro atoms. The van der Waals surface area contributed by atoms with E-state index in [1.807, 2.05) is 30.5 Å². The SMILES string of the molecule is CCN(C)/C(C)=C(/c1cnc2c(c1)NC[C@@H](CNCCc1ccc(C#N)cc1)O2)C1(C)C#C1. The van der Waals surface area contributed by atoms with Crippen molar-refractivity contribution in [2.24, 2.45) is 5.41 Å². The number of fused-ring (bicyclic) bond motifs is 1. The Morgan fingerprint density at radius 2 is 2.12 bits per heavy atom. The summed E-state index contributed by atoms with van der Waals surface area (Å²) in [6.45, 7) is 9.68. The molecule has 2 N–H and O–H groups in total. The average Bonchev–Trinajstić information content (AvgIpc) is 3.59. The fraction of sp³-hybridized carbons (Fsp3) is 0.407. The summed E-state index contributed by atoms with van der Waals surface area (Å²) in [5.41, 5.74) is 6.05. The lowest BCUT2D eigenvalue weighted by atomic mass is 9.87. The molecule has 1 atom stereocenters. The van der Waals surface area contributed by atoms with Gasteiger partial charge in [-0.25, -0.2) is 4.98 Å². The predicted molar refractivity (Wildman–Crippen MR) is 132 cm³/mol. The van der Waals surface area contributed by atoms with E-state index < -0.39 is 0 Å². The summed E-state index contributed by atoms with van der Waals surface area (Å²) in [4.78, 5) is 6.89. The molecule has 0 saturated carbocycles. The fourth-order valence-electron chi connectivity index (χ4n) is 4.09. The minimum absolute atomic E-state index is 0.0177. The van der Waals surface area contributed by atoms with E-state index in [1.165, 1.54) is 16.8 Å². The van der Waals surface area contributed by atoms with Gasteiger partial charge in [0.25, 0.3) is 0 Å². The molecule has 1 aliphatic heterocycles. The van der Waals surface area contributed by atoms with Crippen LogP contribution in [0.15, 0.2) is 42.2 Å². The van der Waals surface area contributed by atoms with Gasteiger partial charge in [-0.2, -0.15) is 5.26 Å². The van der Waals surface area contributed by atoms with Crippen LogP contribution in [0.2, 0.25) is 0 Å². The van der Waals surface area contributed by atoms with Gasteiger partial charge in [0.2, 0.25) is 5.88 Å². The van der Waals surface area contributed by atoms with Crippen LogP contribution in [0.3, 0.4) is 0 Å². The van der Waals surface area contributed by atoms with Crippen LogP contribution in [0.1, 0.15) is 37.5 Å². The van der Waals surface area contributed by atoms with Crippen molar-refractivity contribution in [3.8, 4) is 23.8 Å². The molecule has 4 rings (SSSR count). The topological polar surface area (TPSA) is 73.2 Å². The number of nitrogens with one attached hydrogen (secondary N) is 2. The lowest BCUT2D eigenvalue weighted by Gasteiger charge is -2.29. The van der Waals surface area contributed by atoms with Gasteiger partial charge < -0.3 is 20.3 Å². The van der Waals surface area contributed by atoms with E-state index in [2.05, 4.69) is 72.3 Å². The summed E-state index contributed by atoms with van der Waals surface area (Å²) in [5.74, 6) is 7.18. The van der Waals surface area contributed by atoms with Gasteiger partial charge in [0.1, 0.15) is 11.5 Å². The average molecular weight is 442 g/mol. The first-order valence-corrected chi connectivity index (χ1v) is 11.5. The molecular weight excluding hydrogens is 410 g/mol. The maximum absolute atomic E-state index is 8.90. The third-order valence-electron chi connectivity index (χ3n) is 6.39. The van der Waals surface area contributed by atoms with Crippen LogP contribution in [-0.2, 0) is 6.42 Å². The van der Waals surface area contributed by atoms with Crippen molar-refractivity contribution >= 4 is 11.3 Å². The smallest absolute Gasteiger partial charge is 0.237 e. The first kappa shape index (κ1) is 22.7. The summed E-state index contributed by atoms with van der Waals surface area (Å²) in [6.07, 6.45) is 2.83. The number of anilines is 1. The second-order valence-corrected chi connectivity index (χ2v) is 8.81. The highest BCUT2D eigenvalue weighted by molar-refractivity contribution is 5.84. The number of pyridine rings is 1. The lowest BCUT2D eigenvalue weighted by molar-refractivity contribution is 0.194. The molecule has 1 aromatic heterocycles. The zero-order valence-corrected chi connectivity index (χ0v) is 19.8. The van der Waals surface area contributed by atoms with Crippen molar-refractivity contribution in [2.45, 2.75) is 33.3 Å². The van der Waals surface area contributed by atoms with E-state index in [4.69, 9.17) is 10.00 Å². The van der Waals surface area contributed by atoms with Crippen LogP contribution < -0.4 is 15.4 Å². The quantitative estimate of drug-likeness (QED) is 0.457. The molecule has 2 heterocycles. The molecule has 0 saturated heterocycles. The van der Waals surface area contributed by atoms with Crippen molar-refractivity contribution in [1.29, 1.82) is 5.26 Å². The Hall–Kier alpha value is -3.48. The van der Waals surface area contributed by atoms with E-state index >= 15 is 0 Å². The second-order valence-electron chi connectivity index (χ2n) is 8.81. The number of hydrogen-bond acceptors (Lipinski definition) is 6. The molecule has 0 bridgehead atoms. The molecule has 33 heavy (non-hydrogen) atoms. The van der Waals surface area contributed by atoms with Gasteiger partial charge in [0.15, 0.2) is 0 Å². The Labute approximate surface area is 196 Å². The van der Waals surface area contributed by atoms with Crippen molar-refractivity contribution in [3.63, 3.8) is 0 Å². The Balaban J connectivity index is 1.35. The fourth-order valence-corrected chi connectivity index (χ4v) is 4.09. The first-order valence-electron chi connectivity index (χ1n) is 11.5. The lowest BCUT2D eigenvalue weighted by Crippen LogP contribution is -2.40. The van der Waals surface area contributed by atoms with Crippen LogP contribution >= 0.6 is 0 Å². The molecule has 0 amide bonds. The molecule has 170 valence electrons. The van der Waals surface area contributed by atoms with Gasteiger partial charge in [-0.3, -0.25) is 0 Å². The third-order valence-corrected chi connectivity index (χ3v) is 6.39. The number of nitriles is 1. The van der Waals surface area contributed by atoms with Gasteiger partial charge in [-0.05, 0) is 57.5 Å². The summed E-state index contributed by atoms with van der Waals surface area (Å²) in [6, 6.07) is 12.0. The molecule has 0 radical (unpaired) electrons. The molecule has 0 unspecified atom stereocenters. The summed E-state index contributed by atoms with van der Waals surface area (Å²) in [5, 5.41) is 15.9. The standard InChI is InChI=1S/C27H31N5O/c1-5-32(4)19(2)25(27(3)11-12-27)22-14-24-26(31-16-22)33-23(18-30-24)17-29-13-10-20-6-8-21(15-28)9-7-20/h6-9,14,16,23,29-30H,5,10,13,17-18H2,1-4H3/b25-19-/t23-/m1/s1. The molecule has 1 aromatic carbocycles. The number of benzene rings is 1. The van der Waals surface area contributed by atoms with Crippen molar-refractivity contribution in [1.82, 2.24) is 15.2 Å². The molecule has 2 aromatic rings. The van der Waals surface area contributed by atoms with Crippen LogP contribution in [-0.4, -0.2) is 49.2 Å². The van der Waals surface area contributed by atoms with E-state index in [-0.39, 0.29) is 11.5 Å². The van der Waals surface area contributed by atoms with Crippen LogP contribution in [0.4, 0.5) is 5.69 Å². The van der Waals surface area contributed by atoms with E-state index in [0.717, 1.165) is 43.9 Å². The van der Waals surface area contributed by atoms with Gasteiger partial charge in [-0.15, -0.1) is 0 Å². The number of hydrogen-bond donors (Lipinski definition) is 2. The highest BCUT2D eigenvalue weighted by Crippen LogP contribution is 2.44. The monoisotopic (exact) mass is 441 g/mol. The maximum atomic E-state index is 8.90. The second kappa shape index (κ2) is 9.57. The summed E-state index contributed by atoms with van der Waals surface area (Å²) < 4.78 is 6.15. The Morgan fingerprint density at radius 1 is 1.36 bits per heavy atom. The van der Waals surface area contributed by atoms with Crippen LogP contribution in [0.25, 0.3) is 5.57 Å². The Morgan fingerprint density at radius 3 is 2.79 bits per heavy atom. The number of rotatable bonds is 9.